The minimum Gasteiger partial charge on any atom is -0.456 e. The summed E-state index contributed by atoms with van der Waals surface area (Å²) in [5.41, 5.74) is 13.9. The molecule has 2 atom stereocenters. The molecule has 0 saturated carbocycles. The van der Waals surface area contributed by atoms with Gasteiger partial charge in [-0.15, -0.1) is 0 Å². The minimum atomic E-state index is -0.446. The summed E-state index contributed by atoms with van der Waals surface area (Å²) >= 11 is 0. The van der Waals surface area contributed by atoms with Crippen molar-refractivity contribution in [2.45, 2.75) is 12.3 Å². The maximum absolute atomic E-state index is 6.67. The van der Waals surface area contributed by atoms with E-state index >= 15 is 0 Å². The average molecular weight is 810 g/mol. The van der Waals surface area contributed by atoms with Crippen molar-refractivity contribution in [3.05, 3.63) is 229 Å². The van der Waals surface area contributed by atoms with E-state index in [-0.39, 0.29) is 6.17 Å². The second kappa shape index (κ2) is 14.2. The number of aromatic nitrogens is 2. The molecule has 0 fully saturated rings. The van der Waals surface area contributed by atoms with Crippen LogP contribution in [0.3, 0.4) is 0 Å². The number of benzene rings is 9. The second-order valence-electron chi connectivity index (χ2n) is 16.3. The standard InChI is InChI=1S/C57H39N5O/c1-3-18-36(19-4-1)38-22-7-8-26-45(38)55-58-56(60-57(59-55)47-29-17-28-44-41-25-12-16-33-51(41)63-54(44)47)46-27-11-15-32-50(46)62-49-31-14-10-24-40(49)43-35-34-42-39-23-9-13-30-48(39)61(52(42)53(43)62)37-20-5-2-6-21-37/h1-35,55,57,59H,(H,58,60). The van der Waals surface area contributed by atoms with E-state index < -0.39 is 6.17 Å². The zero-order valence-corrected chi connectivity index (χ0v) is 34.1. The lowest BCUT2D eigenvalue weighted by atomic mass is 9.96. The van der Waals surface area contributed by atoms with Crippen LogP contribution in [0.5, 0.6) is 0 Å². The summed E-state index contributed by atoms with van der Waals surface area (Å²) in [6, 6.07) is 75.5. The van der Waals surface area contributed by atoms with E-state index in [0.717, 1.165) is 83.5 Å². The van der Waals surface area contributed by atoms with Crippen molar-refractivity contribution in [3.8, 4) is 22.5 Å². The number of hydrogen-bond donors (Lipinski definition) is 2. The van der Waals surface area contributed by atoms with Crippen molar-refractivity contribution in [3.63, 3.8) is 0 Å². The SMILES string of the molecule is c1ccc(-c2ccccc2C2NC(c3ccccc3-n3c4ccccc4c4ccc5c6ccccc6n(-c6ccccc6)c5c43)=NC(c3cccc4c3oc3ccccc34)N2)cc1. The second-order valence-corrected chi connectivity index (χ2v) is 16.3. The van der Waals surface area contributed by atoms with E-state index in [1.165, 1.54) is 27.1 Å². The van der Waals surface area contributed by atoms with E-state index in [1.807, 2.05) is 12.1 Å². The molecule has 2 unspecified atom stereocenters. The fraction of sp³-hybridized carbons (Fsp3) is 0.0351. The number of nitrogens with zero attached hydrogens (tertiary/aromatic N) is 3. The number of hydrogen-bond acceptors (Lipinski definition) is 4. The van der Waals surface area contributed by atoms with Crippen molar-refractivity contribution in [1.82, 2.24) is 19.8 Å². The first-order valence-corrected chi connectivity index (χ1v) is 21.5. The van der Waals surface area contributed by atoms with Crippen LogP contribution in [0.2, 0.25) is 0 Å². The van der Waals surface area contributed by atoms with Crippen molar-refractivity contribution in [2.75, 3.05) is 0 Å². The summed E-state index contributed by atoms with van der Waals surface area (Å²) in [6.45, 7) is 0. The molecule has 0 amide bonds. The molecular formula is C57H39N5O. The van der Waals surface area contributed by atoms with Gasteiger partial charge in [0.15, 0.2) is 0 Å². The van der Waals surface area contributed by atoms with Crippen LogP contribution in [0.4, 0.5) is 0 Å². The van der Waals surface area contributed by atoms with Crippen LogP contribution in [0.25, 0.3) is 88.1 Å². The molecular weight excluding hydrogens is 771 g/mol. The molecule has 6 heteroatoms. The van der Waals surface area contributed by atoms with Gasteiger partial charge in [0.05, 0.1) is 27.8 Å². The molecule has 6 nitrogen and oxygen atoms in total. The molecule has 9 aromatic carbocycles. The first-order chi connectivity index (χ1) is 31.3. The average Bonchev–Trinajstić information content (AvgIpc) is 4.02. The van der Waals surface area contributed by atoms with Gasteiger partial charge < -0.3 is 18.9 Å². The Morgan fingerprint density at radius 2 is 1.00 bits per heavy atom. The quantitative estimate of drug-likeness (QED) is 0.176. The highest BCUT2D eigenvalue weighted by Gasteiger charge is 2.31. The molecule has 0 spiro atoms. The first kappa shape index (κ1) is 35.6. The lowest BCUT2D eigenvalue weighted by Gasteiger charge is -2.33. The van der Waals surface area contributed by atoms with Gasteiger partial charge in [0.2, 0.25) is 0 Å². The zero-order chi connectivity index (χ0) is 41.4. The van der Waals surface area contributed by atoms with Crippen LogP contribution in [0, 0.1) is 0 Å². The molecule has 3 aromatic heterocycles. The van der Waals surface area contributed by atoms with E-state index in [0.29, 0.717) is 0 Å². The highest BCUT2D eigenvalue weighted by atomic mass is 16.3. The summed E-state index contributed by atoms with van der Waals surface area (Å²) in [5.74, 6) is 0.789. The van der Waals surface area contributed by atoms with E-state index in [2.05, 4.69) is 220 Å². The minimum absolute atomic E-state index is 0.308. The van der Waals surface area contributed by atoms with Gasteiger partial charge >= 0.3 is 0 Å². The molecule has 4 heterocycles. The molecule has 0 bridgehead atoms. The Labute approximate surface area is 363 Å². The molecule has 2 N–H and O–H groups in total. The molecule has 63 heavy (non-hydrogen) atoms. The summed E-state index contributed by atoms with van der Waals surface area (Å²) in [7, 11) is 0. The van der Waals surface area contributed by atoms with E-state index in [1.54, 1.807) is 0 Å². The van der Waals surface area contributed by atoms with Gasteiger partial charge in [-0.2, -0.15) is 0 Å². The van der Waals surface area contributed by atoms with Gasteiger partial charge in [0, 0.05) is 49.1 Å². The van der Waals surface area contributed by atoms with E-state index in [4.69, 9.17) is 9.41 Å². The predicted octanol–water partition coefficient (Wildman–Crippen LogP) is 13.8. The Morgan fingerprint density at radius 3 is 1.78 bits per heavy atom. The van der Waals surface area contributed by atoms with Crippen LogP contribution in [-0.4, -0.2) is 15.0 Å². The number of nitrogens with one attached hydrogen (secondary N) is 2. The van der Waals surface area contributed by atoms with Gasteiger partial charge in [-0.05, 0) is 59.2 Å². The fourth-order valence-electron chi connectivity index (χ4n) is 10.1. The molecule has 12 aromatic rings. The maximum atomic E-state index is 6.67. The Bertz CT molecular complexity index is 3760. The number of para-hydroxylation sites is 6. The van der Waals surface area contributed by atoms with Crippen molar-refractivity contribution in [1.29, 1.82) is 0 Å². The summed E-state index contributed by atoms with van der Waals surface area (Å²) < 4.78 is 11.6. The molecule has 1 aliphatic heterocycles. The summed E-state index contributed by atoms with van der Waals surface area (Å²) in [5, 5.41) is 14.9. The largest absolute Gasteiger partial charge is 0.456 e. The molecule has 298 valence electrons. The van der Waals surface area contributed by atoms with Gasteiger partial charge in [-0.25, -0.2) is 4.99 Å². The van der Waals surface area contributed by atoms with Crippen molar-refractivity contribution < 1.29 is 4.42 Å². The summed E-state index contributed by atoms with van der Waals surface area (Å²) in [4.78, 5) is 5.63. The number of fused-ring (bicyclic) bond motifs is 10. The van der Waals surface area contributed by atoms with Crippen LogP contribution < -0.4 is 10.6 Å². The topological polar surface area (TPSA) is 59.4 Å². The third-order valence-electron chi connectivity index (χ3n) is 12.8. The zero-order valence-electron chi connectivity index (χ0n) is 34.1. The van der Waals surface area contributed by atoms with E-state index in [9.17, 15) is 0 Å². The predicted molar refractivity (Wildman–Crippen MR) is 259 cm³/mol. The van der Waals surface area contributed by atoms with Gasteiger partial charge in [-0.1, -0.05) is 170 Å². The molecule has 1 aliphatic rings. The van der Waals surface area contributed by atoms with Gasteiger partial charge in [-0.3, -0.25) is 5.32 Å². The third kappa shape index (κ3) is 5.52. The van der Waals surface area contributed by atoms with Gasteiger partial charge in [0.1, 0.15) is 29.3 Å². The van der Waals surface area contributed by atoms with Crippen LogP contribution in [0.15, 0.2) is 222 Å². The highest BCUT2D eigenvalue weighted by molar-refractivity contribution is 6.24. The van der Waals surface area contributed by atoms with Gasteiger partial charge in [0.25, 0.3) is 0 Å². The molecule has 0 saturated heterocycles. The normalized spacial score (nSPS) is 15.5. The van der Waals surface area contributed by atoms with Crippen LogP contribution >= 0.6 is 0 Å². The fourth-order valence-corrected chi connectivity index (χ4v) is 10.1. The number of aliphatic imine (C=N–C) groups is 1. The number of amidine groups is 1. The highest BCUT2D eigenvalue weighted by Crippen LogP contribution is 2.43. The Morgan fingerprint density at radius 1 is 0.429 bits per heavy atom. The summed E-state index contributed by atoms with van der Waals surface area (Å²) in [6.07, 6.45) is -0.755. The Hall–Kier alpha value is -8.19. The van der Waals surface area contributed by atoms with Crippen molar-refractivity contribution >= 4 is 71.4 Å². The molecule has 0 radical (unpaired) electrons. The Kier molecular flexibility index (Phi) is 8.01. The molecule has 0 aliphatic carbocycles. The third-order valence-corrected chi connectivity index (χ3v) is 12.8. The first-order valence-electron chi connectivity index (χ1n) is 21.5. The Balaban J connectivity index is 1.08. The van der Waals surface area contributed by atoms with Crippen molar-refractivity contribution in [2.24, 2.45) is 4.99 Å². The van der Waals surface area contributed by atoms with Crippen LogP contribution in [0.1, 0.15) is 29.0 Å². The number of furan rings is 1. The lowest BCUT2D eigenvalue weighted by molar-refractivity contribution is 0.409. The molecule has 13 rings (SSSR count). The number of rotatable bonds is 6. The lowest BCUT2D eigenvalue weighted by Crippen LogP contribution is -2.45. The maximum Gasteiger partial charge on any atom is 0.142 e. The van der Waals surface area contributed by atoms with Crippen LogP contribution in [-0.2, 0) is 0 Å². The smallest absolute Gasteiger partial charge is 0.142 e. The monoisotopic (exact) mass is 809 g/mol.